The third-order valence-corrected chi connectivity index (χ3v) is 3.83. The van der Waals surface area contributed by atoms with Crippen LogP contribution in [0.5, 0.6) is 5.88 Å². The molecule has 1 amide bonds. The first-order valence-electron chi connectivity index (χ1n) is 6.94. The number of nitrogen functional groups attached to an aromatic ring is 1. The highest BCUT2D eigenvalue weighted by Crippen LogP contribution is 2.27. The third-order valence-electron chi connectivity index (χ3n) is 3.83. The SMILES string of the molecule is COc1ncnc2c1nc(N)n2C(C)C(=O)N1CCCC1. The van der Waals surface area contributed by atoms with Crippen LogP contribution in [0.1, 0.15) is 25.8 Å². The Labute approximate surface area is 121 Å². The van der Waals surface area contributed by atoms with Crippen LogP contribution in [0.2, 0.25) is 0 Å². The van der Waals surface area contributed by atoms with E-state index in [1.165, 1.54) is 13.4 Å². The van der Waals surface area contributed by atoms with Gasteiger partial charge >= 0.3 is 0 Å². The van der Waals surface area contributed by atoms with Gasteiger partial charge in [-0.1, -0.05) is 0 Å². The lowest BCUT2D eigenvalue weighted by Gasteiger charge is -2.22. The van der Waals surface area contributed by atoms with Crippen LogP contribution in [0.4, 0.5) is 5.95 Å². The molecule has 0 aliphatic carbocycles. The molecule has 0 aromatic carbocycles. The lowest BCUT2D eigenvalue weighted by molar-refractivity contribution is -0.133. The van der Waals surface area contributed by atoms with Gasteiger partial charge in [0, 0.05) is 13.1 Å². The van der Waals surface area contributed by atoms with Gasteiger partial charge in [0.2, 0.25) is 17.7 Å². The molecule has 0 spiro atoms. The van der Waals surface area contributed by atoms with Crippen molar-refractivity contribution in [2.75, 3.05) is 25.9 Å². The van der Waals surface area contributed by atoms with Crippen LogP contribution in [-0.4, -0.2) is 50.5 Å². The molecule has 112 valence electrons. The molecule has 2 aromatic rings. The summed E-state index contributed by atoms with van der Waals surface area (Å²) in [6.45, 7) is 3.41. The van der Waals surface area contributed by atoms with E-state index in [9.17, 15) is 4.79 Å². The van der Waals surface area contributed by atoms with Gasteiger partial charge in [0.05, 0.1) is 7.11 Å². The van der Waals surface area contributed by atoms with Crippen LogP contribution in [-0.2, 0) is 4.79 Å². The number of ether oxygens (including phenoxy) is 1. The summed E-state index contributed by atoms with van der Waals surface area (Å²) >= 11 is 0. The molecule has 3 heterocycles. The number of hydrogen-bond acceptors (Lipinski definition) is 6. The summed E-state index contributed by atoms with van der Waals surface area (Å²) in [4.78, 5) is 26.8. The average Bonchev–Trinajstić information content (AvgIpc) is 3.12. The van der Waals surface area contributed by atoms with Crippen molar-refractivity contribution in [2.24, 2.45) is 0 Å². The van der Waals surface area contributed by atoms with E-state index in [0.717, 1.165) is 25.9 Å². The first-order chi connectivity index (χ1) is 10.1. The lowest BCUT2D eigenvalue weighted by atomic mass is 10.3. The largest absolute Gasteiger partial charge is 0.479 e. The molecule has 1 unspecified atom stereocenters. The van der Waals surface area contributed by atoms with Crippen LogP contribution < -0.4 is 10.5 Å². The van der Waals surface area contributed by atoms with E-state index in [-0.39, 0.29) is 11.9 Å². The molecule has 1 atom stereocenters. The predicted molar refractivity (Wildman–Crippen MR) is 76.8 cm³/mol. The zero-order chi connectivity index (χ0) is 15.0. The Morgan fingerprint density at radius 1 is 1.38 bits per heavy atom. The summed E-state index contributed by atoms with van der Waals surface area (Å²) in [7, 11) is 1.51. The van der Waals surface area contributed by atoms with Gasteiger partial charge in [-0.2, -0.15) is 4.98 Å². The molecule has 21 heavy (non-hydrogen) atoms. The Morgan fingerprint density at radius 2 is 2.10 bits per heavy atom. The van der Waals surface area contributed by atoms with Gasteiger partial charge in [-0.15, -0.1) is 0 Å². The monoisotopic (exact) mass is 290 g/mol. The summed E-state index contributed by atoms with van der Waals surface area (Å²) in [6, 6.07) is -0.451. The number of anilines is 1. The minimum atomic E-state index is -0.451. The zero-order valence-corrected chi connectivity index (χ0v) is 12.1. The van der Waals surface area contributed by atoms with Crippen molar-refractivity contribution in [3.05, 3.63) is 6.33 Å². The van der Waals surface area contributed by atoms with E-state index >= 15 is 0 Å². The maximum atomic E-state index is 12.5. The maximum Gasteiger partial charge on any atom is 0.245 e. The molecule has 1 aliphatic heterocycles. The minimum Gasteiger partial charge on any atom is -0.479 e. The number of nitrogens with zero attached hydrogens (tertiary/aromatic N) is 5. The average molecular weight is 290 g/mol. The zero-order valence-electron chi connectivity index (χ0n) is 12.1. The summed E-state index contributed by atoms with van der Waals surface area (Å²) in [5.41, 5.74) is 6.96. The van der Waals surface area contributed by atoms with Gasteiger partial charge in [-0.3, -0.25) is 9.36 Å². The molecule has 0 saturated carbocycles. The molecule has 8 heteroatoms. The number of nitrogens with two attached hydrogens (primary N) is 1. The van der Waals surface area contributed by atoms with E-state index in [4.69, 9.17) is 10.5 Å². The number of aromatic nitrogens is 4. The molecule has 2 aromatic heterocycles. The topological polar surface area (TPSA) is 99.2 Å². The van der Waals surface area contributed by atoms with Gasteiger partial charge in [0.25, 0.3) is 0 Å². The molecule has 0 radical (unpaired) electrons. The molecule has 1 aliphatic rings. The van der Waals surface area contributed by atoms with E-state index in [2.05, 4.69) is 15.0 Å². The standard InChI is InChI=1S/C13H18N6O2/c1-8(12(20)18-5-3-4-6-18)19-10-9(17-13(19)14)11(21-2)16-7-15-10/h7-8H,3-6H2,1-2H3,(H2,14,17). The summed E-state index contributed by atoms with van der Waals surface area (Å²) in [5.74, 6) is 0.631. The highest BCUT2D eigenvalue weighted by Gasteiger charge is 2.28. The Bertz CT molecular complexity index is 677. The number of hydrogen-bond donors (Lipinski definition) is 1. The third kappa shape index (κ3) is 2.16. The van der Waals surface area contributed by atoms with Crippen molar-refractivity contribution in [3.63, 3.8) is 0 Å². The first kappa shape index (κ1) is 13.6. The van der Waals surface area contributed by atoms with Crippen molar-refractivity contribution >= 4 is 23.0 Å². The predicted octanol–water partition coefficient (Wildman–Crippen LogP) is 0.600. The fourth-order valence-corrected chi connectivity index (χ4v) is 2.75. The van der Waals surface area contributed by atoms with E-state index < -0.39 is 6.04 Å². The molecule has 1 fully saturated rings. The number of methoxy groups -OCH3 is 1. The van der Waals surface area contributed by atoms with Crippen molar-refractivity contribution in [1.29, 1.82) is 0 Å². The second-order valence-corrected chi connectivity index (χ2v) is 5.10. The molecule has 2 N–H and O–H groups in total. The van der Waals surface area contributed by atoms with Crippen molar-refractivity contribution < 1.29 is 9.53 Å². The van der Waals surface area contributed by atoms with Crippen LogP contribution in [0.3, 0.4) is 0 Å². The number of carbonyl (C=O) groups excluding carboxylic acids is 1. The Balaban J connectivity index is 2.03. The summed E-state index contributed by atoms with van der Waals surface area (Å²) < 4.78 is 6.80. The smallest absolute Gasteiger partial charge is 0.245 e. The van der Waals surface area contributed by atoms with Gasteiger partial charge in [-0.25, -0.2) is 9.97 Å². The molecule has 8 nitrogen and oxygen atoms in total. The molecule has 0 bridgehead atoms. The molecule has 1 saturated heterocycles. The quantitative estimate of drug-likeness (QED) is 0.888. The fraction of sp³-hybridized carbons (Fsp3) is 0.538. The van der Waals surface area contributed by atoms with Crippen molar-refractivity contribution in [1.82, 2.24) is 24.4 Å². The Morgan fingerprint density at radius 3 is 2.76 bits per heavy atom. The highest BCUT2D eigenvalue weighted by atomic mass is 16.5. The van der Waals surface area contributed by atoms with Crippen molar-refractivity contribution in [3.8, 4) is 5.88 Å². The normalized spacial score (nSPS) is 16.4. The van der Waals surface area contributed by atoms with Crippen LogP contribution >= 0.6 is 0 Å². The Hall–Kier alpha value is -2.38. The highest BCUT2D eigenvalue weighted by molar-refractivity contribution is 5.85. The van der Waals surface area contributed by atoms with Crippen LogP contribution in [0.25, 0.3) is 11.2 Å². The van der Waals surface area contributed by atoms with Gasteiger partial charge in [-0.05, 0) is 19.8 Å². The minimum absolute atomic E-state index is 0.0380. The summed E-state index contributed by atoms with van der Waals surface area (Å²) in [6.07, 6.45) is 3.48. The van der Waals surface area contributed by atoms with Gasteiger partial charge < -0.3 is 15.4 Å². The number of rotatable bonds is 3. The molecule has 3 rings (SSSR count). The first-order valence-corrected chi connectivity index (χ1v) is 6.94. The number of likely N-dealkylation sites (tertiary alicyclic amines) is 1. The van der Waals surface area contributed by atoms with Crippen molar-refractivity contribution in [2.45, 2.75) is 25.8 Å². The maximum absolute atomic E-state index is 12.5. The van der Waals surface area contributed by atoms with E-state index in [1.54, 1.807) is 4.57 Å². The Kier molecular flexibility index (Phi) is 3.36. The molecular formula is C13H18N6O2. The van der Waals surface area contributed by atoms with Crippen LogP contribution in [0, 0.1) is 0 Å². The lowest BCUT2D eigenvalue weighted by Crippen LogP contribution is -2.34. The number of carbonyl (C=O) groups is 1. The fourth-order valence-electron chi connectivity index (χ4n) is 2.75. The summed E-state index contributed by atoms with van der Waals surface area (Å²) in [5, 5.41) is 0. The van der Waals surface area contributed by atoms with Crippen LogP contribution in [0.15, 0.2) is 6.33 Å². The molecular weight excluding hydrogens is 272 g/mol. The number of fused-ring (bicyclic) bond motifs is 1. The van der Waals surface area contributed by atoms with Gasteiger partial charge in [0.1, 0.15) is 12.4 Å². The number of imidazole rings is 1. The number of amides is 1. The van der Waals surface area contributed by atoms with E-state index in [0.29, 0.717) is 17.0 Å². The van der Waals surface area contributed by atoms with Gasteiger partial charge in [0.15, 0.2) is 11.2 Å². The van der Waals surface area contributed by atoms with E-state index in [1.807, 2.05) is 11.8 Å². The second-order valence-electron chi connectivity index (χ2n) is 5.10. The second kappa shape index (κ2) is 5.19.